The van der Waals surface area contributed by atoms with Crippen molar-refractivity contribution in [3.63, 3.8) is 0 Å². The van der Waals surface area contributed by atoms with Crippen LogP contribution in [0.4, 0.5) is 0 Å². The molecule has 1 aliphatic heterocycles. The van der Waals surface area contributed by atoms with Crippen LogP contribution in [0.1, 0.15) is 6.42 Å². The molecule has 0 radical (unpaired) electrons. The van der Waals surface area contributed by atoms with E-state index in [9.17, 15) is 0 Å². The first kappa shape index (κ1) is 14.4. The Morgan fingerprint density at radius 1 is 1.10 bits per heavy atom. The number of hydrogen-bond donors (Lipinski definition) is 0. The zero-order valence-corrected chi connectivity index (χ0v) is 11.6. The highest BCUT2D eigenvalue weighted by atomic mass is 16.5. The summed E-state index contributed by atoms with van der Waals surface area (Å²) in [6.07, 6.45) is 4.57. The second-order valence-electron chi connectivity index (χ2n) is 4.47. The molecule has 1 aromatic rings. The molecule has 0 aromatic heterocycles. The second kappa shape index (κ2) is 7.56. The van der Waals surface area contributed by atoms with Crippen LogP contribution in [0, 0.1) is 0 Å². The molecule has 0 N–H and O–H groups in total. The molecule has 1 aromatic carbocycles. The van der Waals surface area contributed by atoms with E-state index in [0.717, 1.165) is 29.1 Å². The highest BCUT2D eigenvalue weighted by molar-refractivity contribution is 5.41. The van der Waals surface area contributed by atoms with Crippen LogP contribution in [0.25, 0.3) is 0 Å². The Balaban J connectivity index is 2.18. The number of benzene rings is 1. The third-order valence-corrected chi connectivity index (χ3v) is 3.03. The minimum atomic E-state index is 0.425. The third kappa shape index (κ3) is 4.00. The van der Waals surface area contributed by atoms with Gasteiger partial charge in [-0.15, -0.1) is 0 Å². The van der Waals surface area contributed by atoms with E-state index in [1.54, 1.807) is 6.08 Å². The zero-order valence-electron chi connectivity index (χ0n) is 11.6. The minimum Gasteiger partial charge on any atom is -0.490 e. The maximum absolute atomic E-state index is 5.84. The lowest BCUT2D eigenvalue weighted by Gasteiger charge is -2.15. The van der Waals surface area contributed by atoms with Crippen LogP contribution in [0.5, 0.6) is 11.5 Å². The Hall–Kier alpha value is -2.00. The van der Waals surface area contributed by atoms with Gasteiger partial charge in [-0.05, 0) is 23.3 Å². The molecule has 106 valence electrons. The largest absolute Gasteiger partial charge is 0.490 e. The van der Waals surface area contributed by atoms with Gasteiger partial charge in [-0.2, -0.15) is 0 Å². The Labute approximate surface area is 120 Å². The van der Waals surface area contributed by atoms with Gasteiger partial charge in [0.25, 0.3) is 0 Å². The van der Waals surface area contributed by atoms with Crippen molar-refractivity contribution in [1.29, 1.82) is 0 Å². The predicted octanol–water partition coefficient (Wildman–Crippen LogP) is 3.53. The molecular weight excluding hydrogens is 252 g/mol. The Morgan fingerprint density at radius 2 is 1.85 bits per heavy atom. The van der Waals surface area contributed by atoms with Gasteiger partial charge in [0.05, 0.1) is 19.8 Å². The molecule has 0 bridgehead atoms. The monoisotopic (exact) mass is 272 g/mol. The van der Waals surface area contributed by atoms with Gasteiger partial charge in [-0.25, -0.2) is 0 Å². The molecule has 3 nitrogen and oxygen atoms in total. The first-order valence-electron chi connectivity index (χ1n) is 6.74. The average molecular weight is 272 g/mol. The van der Waals surface area contributed by atoms with Crippen molar-refractivity contribution in [2.45, 2.75) is 6.42 Å². The molecule has 20 heavy (non-hydrogen) atoms. The molecule has 0 unspecified atom stereocenters. The predicted molar refractivity (Wildman–Crippen MR) is 80.3 cm³/mol. The van der Waals surface area contributed by atoms with Crippen molar-refractivity contribution in [2.75, 3.05) is 26.4 Å². The third-order valence-electron chi connectivity index (χ3n) is 3.03. The van der Waals surface area contributed by atoms with E-state index in [4.69, 9.17) is 14.2 Å². The maximum atomic E-state index is 5.84. The summed E-state index contributed by atoms with van der Waals surface area (Å²) in [6.45, 7) is 9.99. The highest BCUT2D eigenvalue weighted by Gasteiger charge is 2.08. The smallest absolute Gasteiger partial charge is 0.161 e. The van der Waals surface area contributed by atoms with Crippen molar-refractivity contribution in [3.05, 3.63) is 60.7 Å². The molecule has 0 saturated heterocycles. The molecule has 0 saturated carbocycles. The number of allylic oxidation sites excluding steroid dienone is 1. The zero-order chi connectivity index (χ0) is 14.2. The van der Waals surface area contributed by atoms with E-state index in [1.165, 1.54) is 0 Å². The molecule has 0 spiro atoms. The number of fused-ring (bicyclic) bond motifs is 1. The summed E-state index contributed by atoms with van der Waals surface area (Å²) in [5, 5.41) is 0. The summed E-state index contributed by atoms with van der Waals surface area (Å²) in [6, 6.07) is 7.69. The Bertz CT molecular complexity index is 503. The van der Waals surface area contributed by atoms with Crippen LogP contribution in [-0.4, -0.2) is 26.4 Å². The first-order chi connectivity index (χ1) is 9.81. The van der Waals surface area contributed by atoms with Crippen LogP contribution >= 0.6 is 0 Å². The van der Waals surface area contributed by atoms with Gasteiger partial charge in [0.1, 0.15) is 6.61 Å². The molecule has 0 atom stereocenters. The normalized spacial score (nSPS) is 18.9. The molecular formula is C17H20O3. The van der Waals surface area contributed by atoms with Crippen molar-refractivity contribution >= 4 is 0 Å². The van der Waals surface area contributed by atoms with E-state index in [-0.39, 0.29) is 0 Å². The molecule has 1 heterocycles. The lowest BCUT2D eigenvalue weighted by molar-refractivity contribution is 0.140. The van der Waals surface area contributed by atoms with Crippen molar-refractivity contribution in [2.24, 2.45) is 0 Å². The van der Waals surface area contributed by atoms with Gasteiger partial charge in [0.15, 0.2) is 11.5 Å². The number of hydrogen-bond acceptors (Lipinski definition) is 3. The molecule has 0 fully saturated rings. The highest BCUT2D eigenvalue weighted by Crippen LogP contribution is 2.27. The van der Waals surface area contributed by atoms with Gasteiger partial charge in [-0.1, -0.05) is 37.4 Å². The van der Waals surface area contributed by atoms with Crippen LogP contribution in [-0.2, 0) is 4.74 Å². The van der Waals surface area contributed by atoms with E-state index < -0.39 is 0 Å². The summed E-state index contributed by atoms with van der Waals surface area (Å²) in [5.74, 6) is 1.51. The topological polar surface area (TPSA) is 27.7 Å². The lowest BCUT2D eigenvalue weighted by atomic mass is 10.1. The molecule has 3 heteroatoms. The fraction of sp³-hybridized carbons (Fsp3) is 0.294. The quantitative estimate of drug-likeness (QED) is 0.771. The van der Waals surface area contributed by atoms with Crippen LogP contribution in [0.2, 0.25) is 0 Å². The lowest BCUT2D eigenvalue weighted by Crippen LogP contribution is -2.09. The summed E-state index contributed by atoms with van der Waals surface area (Å²) in [4.78, 5) is 0. The van der Waals surface area contributed by atoms with Gasteiger partial charge < -0.3 is 14.2 Å². The van der Waals surface area contributed by atoms with Gasteiger partial charge in [-0.3, -0.25) is 0 Å². The summed E-state index contributed by atoms with van der Waals surface area (Å²) >= 11 is 0. The van der Waals surface area contributed by atoms with Crippen LogP contribution < -0.4 is 9.47 Å². The molecule has 0 amide bonds. The molecule has 1 aliphatic rings. The fourth-order valence-corrected chi connectivity index (χ4v) is 1.84. The Kier molecular flexibility index (Phi) is 5.44. The fourth-order valence-electron chi connectivity index (χ4n) is 1.84. The van der Waals surface area contributed by atoms with Gasteiger partial charge in [0.2, 0.25) is 0 Å². The van der Waals surface area contributed by atoms with Gasteiger partial charge in [0, 0.05) is 6.42 Å². The minimum absolute atomic E-state index is 0.425. The van der Waals surface area contributed by atoms with E-state index in [0.29, 0.717) is 26.4 Å². The van der Waals surface area contributed by atoms with E-state index >= 15 is 0 Å². The van der Waals surface area contributed by atoms with Crippen molar-refractivity contribution in [1.82, 2.24) is 0 Å². The SMILES string of the molecule is C=CC(=C)/C1=C/COCCCOc2ccccc2OC1. The van der Waals surface area contributed by atoms with Gasteiger partial charge >= 0.3 is 0 Å². The number of rotatable bonds is 2. The van der Waals surface area contributed by atoms with E-state index in [2.05, 4.69) is 13.2 Å². The van der Waals surface area contributed by atoms with Crippen molar-refractivity contribution < 1.29 is 14.2 Å². The average Bonchev–Trinajstić information content (AvgIpc) is 2.47. The first-order valence-corrected chi connectivity index (χ1v) is 6.74. The Morgan fingerprint density at radius 3 is 2.60 bits per heavy atom. The number of para-hydroxylation sites is 2. The maximum Gasteiger partial charge on any atom is 0.161 e. The summed E-state index contributed by atoms with van der Waals surface area (Å²) < 4.78 is 17.1. The standard InChI is InChI=1S/C17H20O3/c1-3-14(2)15-9-12-18-10-6-11-19-16-7-4-5-8-17(16)20-13-15/h3-5,7-9H,1-2,6,10-13H2/b15-9+. The summed E-state index contributed by atoms with van der Waals surface area (Å²) in [5.41, 5.74) is 1.83. The number of ether oxygens (including phenoxy) is 3. The molecule has 2 rings (SSSR count). The van der Waals surface area contributed by atoms with Crippen LogP contribution in [0.15, 0.2) is 60.7 Å². The van der Waals surface area contributed by atoms with Crippen LogP contribution in [0.3, 0.4) is 0 Å². The molecule has 0 aliphatic carbocycles. The van der Waals surface area contributed by atoms with Crippen molar-refractivity contribution in [3.8, 4) is 11.5 Å². The summed E-state index contributed by atoms with van der Waals surface area (Å²) in [7, 11) is 0. The van der Waals surface area contributed by atoms with E-state index in [1.807, 2.05) is 30.3 Å². The second-order valence-corrected chi connectivity index (χ2v) is 4.47.